The quantitative estimate of drug-likeness (QED) is 0.549. The Labute approximate surface area is 197 Å². The largest absolute Gasteiger partial charge is 0.486 e. The standard InChI is InChI=1S/C24H23ClN2O5S/c1-17-9-11-21(12-10-17)33(29,30)27(19-6-4-5-18(25)13-19)15-24(28)26-14-20-16-31-22-7-2-3-8-23(22)32-20/h2-13,20H,14-16H2,1H3,(H,26,28). The number of ether oxygens (including phenoxy) is 2. The molecule has 0 spiro atoms. The Bertz CT molecular complexity index is 1250. The molecule has 33 heavy (non-hydrogen) atoms. The molecule has 0 fully saturated rings. The van der Waals surface area contributed by atoms with Crippen LogP contribution in [0.2, 0.25) is 5.02 Å². The molecular weight excluding hydrogens is 464 g/mol. The number of nitrogens with one attached hydrogen (secondary N) is 1. The highest BCUT2D eigenvalue weighted by molar-refractivity contribution is 7.92. The van der Waals surface area contributed by atoms with Crippen molar-refractivity contribution in [2.45, 2.75) is 17.9 Å². The van der Waals surface area contributed by atoms with Gasteiger partial charge in [-0.2, -0.15) is 0 Å². The maximum Gasteiger partial charge on any atom is 0.264 e. The smallest absolute Gasteiger partial charge is 0.264 e. The number of carbonyl (C=O) groups excluding carboxylic acids is 1. The van der Waals surface area contributed by atoms with E-state index in [9.17, 15) is 13.2 Å². The first-order valence-corrected chi connectivity index (χ1v) is 12.1. The maximum absolute atomic E-state index is 13.4. The summed E-state index contributed by atoms with van der Waals surface area (Å²) in [5.74, 6) is 0.773. The molecule has 0 aromatic heterocycles. The van der Waals surface area contributed by atoms with E-state index in [1.807, 2.05) is 25.1 Å². The van der Waals surface area contributed by atoms with Crippen LogP contribution in [0.4, 0.5) is 5.69 Å². The van der Waals surface area contributed by atoms with Gasteiger partial charge in [-0.1, -0.05) is 47.5 Å². The van der Waals surface area contributed by atoms with Crippen molar-refractivity contribution >= 4 is 33.2 Å². The number of fused-ring (bicyclic) bond motifs is 1. The number of hydrogen-bond donors (Lipinski definition) is 1. The Hall–Kier alpha value is -3.23. The number of carbonyl (C=O) groups is 1. The number of hydrogen-bond acceptors (Lipinski definition) is 5. The van der Waals surface area contributed by atoms with E-state index in [0.717, 1.165) is 9.87 Å². The van der Waals surface area contributed by atoms with E-state index in [1.165, 1.54) is 18.2 Å². The van der Waals surface area contributed by atoms with Crippen LogP contribution >= 0.6 is 11.6 Å². The van der Waals surface area contributed by atoms with Gasteiger partial charge in [0.05, 0.1) is 17.1 Å². The third-order valence-electron chi connectivity index (χ3n) is 5.09. The number of rotatable bonds is 7. The molecule has 7 nitrogen and oxygen atoms in total. The van der Waals surface area contributed by atoms with Gasteiger partial charge in [-0.3, -0.25) is 9.10 Å². The SMILES string of the molecule is Cc1ccc(S(=O)(=O)N(CC(=O)NCC2COc3ccccc3O2)c2cccc(Cl)c2)cc1. The zero-order valence-corrected chi connectivity index (χ0v) is 19.5. The minimum Gasteiger partial charge on any atom is -0.486 e. The summed E-state index contributed by atoms with van der Waals surface area (Å²) in [7, 11) is -4.01. The zero-order chi connectivity index (χ0) is 23.4. The molecule has 0 radical (unpaired) electrons. The van der Waals surface area contributed by atoms with Gasteiger partial charge in [0.25, 0.3) is 10.0 Å². The average Bonchev–Trinajstić information content (AvgIpc) is 2.81. The second-order valence-electron chi connectivity index (χ2n) is 7.61. The molecule has 1 amide bonds. The third kappa shape index (κ3) is 5.40. The van der Waals surface area contributed by atoms with Crippen LogP contribution in [0, 0.1) is 6.92 Å². The Morgan fingerprint density at radius 2 is 1.79 bits per heavy atom. The number of nitrogens with zero attached hydrogens (tertiary/aromatic N) is 1. The van der Waals surface area contributed by atoms with E-state index in [1.54, 1.807) is 36.4 Å². The molecule has 0 bridgehead atoms. The molecule has 1 aliphatic heterocycles. The van der Waals surface area contributed by atoms with Gasteiger partial charge in [0.2, 0.25) is 5.91 Å². The molecule has 1 aliphatic rings. The molecular formula is C24H23ClN2O5S. The Balaban J connectivity index is 1.49. The van der Waals surface area contributed by atoms with Gasteiger partial charge in [0, 0.05) is 5.02 Å². The highest BCUT2D eigenvalue weighted by Crippen LogP contribution is 2.31. The Morgan fingerprint density at radius 1 is 1.06 bits per heavy atom. The van der Waals surface area contributed by atoms with E-state index in [0.29, 0.717) is 22.2 Å². The van der Waals surface area contributed by atoms with Crippen LogP contribution in [-0.2, 0) is 14.8 Å². The van der Waals surface area contributed by atoms with E-state index in [4.69, 9.17) is 21.1 Å². The molecule has 1 unspecified atom stereocenters. The molecule has 0 saturated carbocycles. The summed E-state index contributed by atoms with van der Waals surface area (Å²) in [4.78, 5) is 12.9. The summed E-state index contributed by atoms with van der Waals surface area (Å²) in [6.07, 6.45) is -0.392. The first-order chi connectivity index (χ1) is 15.8. The van der Waals surface area contributed by atoms with E-state index < -0.39 is 28.6 Å². The van der Waals surface area contributed by atoms with Gasteiger partial charge in [0.1, 0.15) is 19.3 Å². The van der Waals surface area contributed by atoms with Crippen molar-refractivity contribution in [3.63, 3.8) is 0 Å². The molecule has 1 atom stereocenters. The average molecular weight is 487 g/mol. The summed E-state index contributed by atoms with van der Waals surface area (Å²) in [6.45, 7) is 1.90. The number of sulfonamides is 1. The predicted octanol–water partition coefficient (Wildman–Crippen LogP) is 3.80. The van der Waals surface area contributed by atoms with Crippen molar-refractivity contribution in [3.8, 4) is 11.5 Å². The van der Waals surface area contributed by atoms with E-state index >= 15 is 0 Å². The van der Waals surface area contributed by atoms with Crippen molar-refractivity contribution in [2.75, 3.05) is 24.0 Å². The third-order valence-corrected chi connectivity index (χ3v) is 7.11. The lowest BCUT2D eigenvalue weighted by molar-refractivity contribution is -0.120. The molecule has 172 valence electrons. The molecule has 3 aromatic carbocycles. The summed E-state index contributed by atoms with van der Waals surface area (Å²) in [5.41, 5.74) is 1.22. The summed E-state index contributed by atoms with van der Waals surface area (Å²) >= 11 is 6.09. The number of halogens is 1. The summed E-state index contributed by atoms with van der Waals surface area (Å²) in [6, 6.07) is 20.1. The second kappa shape index (κ2) is 9.72. The summed E-state index contributed by atoms with van der Waals surface area (Å²) < 4.78 is 39.3. The Morgan fingerprint density at radius 3 is 2.52 bits per heavy atom. The molecule has 1 heterocycles. The van der Waals surface area contributed by atoms with Crippen LogP contribution < -0.4 is 19.1 Å². The van der Waals surface area contributed by atoms with Crippen LogP contribution in [0.5, 0.6) is 11.5 Å². The van der Waals surface area contributed by atoms with Crippen molar-refractivity contribution in [1.29, 1.82) is 0 Å². The number of benzene rings is 3. The molecule has 9 heteroatoms. The first-order valence-electron chi connectivity index (χ1n) is 10.3. The minimum absolute atomic E-state index is 0.0847. The second-order valence-corrected chi connectivity index (χ2v) is 9.91. The molecule has 0 saturated heterocycles. The van der Waals surface area contributed by atoms with Gasteiger partial charge in [-0.15, -0.1) is 0 Å². The van der Waals surface area contributed by atoms with Gasteiger partial charge >= 0.3 is 0 Å². The number of para-hydroxylation sites is 2. The van der Waals surface area contributed by atoms with Crippen LogP contribution in [0.1, 0.15) is 5.56 Å². The van der Waals surface area contributed by atoms with E-state index in [2.05, 4.69) is 5.32 Å². The Kier molecular flexibility index (Phi) is 6.76. The van der Waals surface area contributed by atoms with Crippen LogP contribution in [0.25, 0.3) is 0 Å². The van der Waals surface area contributed by atoms with Crippen molar-refractivity contribution in [1.82, 2.24) is 5.32 Å². The highest BCUT2D eigenvalue weighted by atomic mass is 35.5. The fourth-order valence-corrected chi connectivity index (χ4v) is 4.96. The molecule has 0 aliphatic carbocycles. The lowest BCUT2D eigenvalue weighted by Crippen LogP contribution is -2.45. The van der Waals surface area contributed by atoms with Crippen LogP contribution in [-0.4, -0.2) is 40.1 Å². The monoisotopic (exact) mass is 486 g/mol. The molecule has 1 N–H and O–H groups in total. The molecule has 4 rings (SSSR count). The zero-order valence-electron chi connectivity index (χ0n) is 17.9. The summed E-state index contributed by atoms with van der Waals surface area (Å²) in [5, 5.41) is 3.11. The van der Waals surface area contributed by atoms with Gasteiger partial charge < -0.3 is 14.8 Å². The number of amides is 1. The van der Waals surface area contributed by atoms with Gasteiger partial charge in [-0.25, -0.2) is 8.42 Å². The normalized spacial score (nSPS) is 15.0. The topological polar surface area (TPSA) is 84.9 Å². The van der Waals surface area contributed by atoms with Gasteiger partial charge in [0.15, 0.2) is 11.5 Å². The van der Waals surface area contributed by atoms with Crippen molar-refractivity contribution < 1.29 is 22.7 Å². The van der Waals surface area contributed by atoms with Crippen LogP contribution in [0.15, 0.2) is 77.7 Å². The van der Waals surface area contributed by atoms with Crippen molar-refractivity contribution in [3.05, 3.63) is 83.4 Å². The predicted molar refractivity (Wildman–Crippen MR) is 127 cm³/mol. The lowest BCUT2D eigenvalue weighted by Gasteiger charge is -2.27. The fraction of sp³-hybridized carbons (Fsp3) is 0.208. The van der Waals surface area contributed by atoms with Crippen LogP contribution in [0.3, 0.4) is 0 Å². The lowest BCUT2D eigenvalue weighted by atomic mass is 10.2. The molecule has 3 aromatic rings. The van der Waals surface area contributed by atoms with E-state index in [-0.39, 0.29) is 18.0 Å². The minimum atomic E-state index is -4.01. The number of aryl methyl sites for hydroxylation is 1. The fourth-order valence-electron chi connectivity index (χ4n) is 3.36. The number of anilines is 1. The van der Waals surface area contributed by atoms with Gasteiger partial charge in [-0.05, 0) is 49.4 Å². The maximum atomic E-state index is 13.4. The first kappa shape index (κ1) is 22.9. The highest BCUT2D eigenvalue weighted by Gasteiger charge is 2.28. The van der Waals surface area contributed by atoms with Crippen molar-refractivity contribution in [2.24, 2.45) is 0 Å².